The third-order valence-electron chi connectivity index (χ3n) is 3.81. The van der Waals surface area contributed by atoms with Gasteiger partial charge in [-0.3, -0.25) is 9.59 Å². The first-order chi connectivity index (χ1) is 11.5. The summed E-state index contributed by atoms with van der Waals surface area (Å²) in [5, 5.41) is 2.57. The van der Waals surface area contributed by atoms with Gasteiger partial charge < -0.3 is 10.2 Å². The summed E-state index contributed by atoms with van der Waals surface area (Å²) < 4.78 is 24.2. The molecule has 1 aliphatic rings. The van der Waals surface area contributed by atoms with Gasteiger partial charge in [0.25, 0.3) is 5.91 Å². The standard InChI is InChI=1S/C17H16N2O4S/c20-16(12-18-17(21)13-6-2-1-3-7-13)19-10-11-24(22,23)15-9-5-4-8-14(15)19/h1-9H,10-12H2,(H,18,21). The van der Waals surface area contributed by atoms with E-state index < -0.39 is 9.84 Å². The summed E-state index contributed by atoms with van der Waals surface area (Å²) in [5.74, 6) is -0.814. The molecule has 1 heterocycles. The summed E-state index contributed by atoms with van der Waals surface area (Å²) in [6, 6.07) is 15.0. The zero-order chi connectivity index (χ0) is 17.2. The maximum atomic E-state index is 12.4. The van der Waals surface area contributed by atoms with Crippen LogP contribution in [0.5, 0.6) is 0 Å². The van der Waals surface area contributed by atoms with Crippen molar-refractivity contribution in [1.82, 2.24) is 5.32 Å². The van der Waals surface area contributed by atoms with Crippen molar-refractivity contribution in [2.75, 3.05) is 23.7 Å². The molecule has 7 heteroatoms. The van der Waals surface area contributed by atoms with Crippen molar-refractivity contribution in [3.8, 4) is 0 Å². The summed E-state index contributed by atoms with van der Waals surface area (Å²) in [7, 11) is -3.36. The fourth-order valence-electron chi connectivity index (χ4n) is 2.59. The third-order valence-corrected chi connectivity index (χ3v) is 5.55. The minimum Gasteiger partial charge on any atom is -0.343 e. The number of hydrogen-bond acceptors (Lipinski definition) is 4. The molecule has 24 heavy (non-hydrogen) atoms. The van der Waals surface area contributed by atoms with Gasteiger partial charge in [-0.2, -0.15) is 0 Å². The van der Waals surface area contributed by atoms with Gasteiger partial charge in [-0.05, 0) is 24.3 Å². The summed E-state index contributed by atoms with van der Waals surface area (Å²) in [4.78, 5) is 26.0. The van der Waals surface area contributed by atoms with Gasteiger partial charge in [0.1, 0.15) is 0 Å². The molecule has 3 rings (SSSR count). The topological polar surface area (TPSA) is 83.6 Å². The van der Waals surface area contributed by atoms with E-state index in [4.69, 9.17) is 0 Å². The molecule has 1 aliphatic heterocycles. The number of sulfone groups is 1. The first kappa shape index (κ1) is 16.2. The van der Waals surface area contributed by atoms with Crippen molar-refractivity contribution in [1.29, 1.82) is 0 Å². The number of amides is 2. The first-order valence-electron chi connectivity index (χ1n) is 7.44. The number of para-hydroxylation sites is 1. The molecule has 1 N–H and O–H groups in total. The minimum absolute atomic E-state index is 0.0827. The maximum Gasteiger partial charge on any atom is 0.251 e. The van der Waals surface area contributed by atoms with E-state index in [9.17, 15) is 18.0 Å². The van der Waals surface area contributed by atoms with Crippen LogP contribution in [0.3, 0.4) is 0 Å². The van der Waals surface area contributed by atoms with Crippen molar-refractivity contribution >= 4 is 27.3 Å². The lowest BCUT2D eigenvalue weighted by atomic mass is 10.2. The van der Waals surface area contributed by atoms with Gasteiger partial charge in [0.2, 0.25) is 5.91 Å². The lowest BCUT2D eigenvalue weighted by Gasteiger charge is -2.29. The van der Waals surface area contributed by atoms with Gasteiger partial charge >= 0.3 is 0 Å². The molecule has 6 nitrogen and oxygen atoms in total. The third kappa shape index (κ3) is 3.16. The SMILES string of the molecule is O=C(NCC(=O)N1CCS(=O)(=O)c2ccccc21)c1ccccc1. The van der Waals surface area contributed by atoms with Crippen LogP contribution in [0.1, 0.15) is 10.4 Å². The lowest BCUT2D eigenvalue weighted by molar-refractivity contribution is -0.117. The molecule has 0 saturated carbocycles. The van der Waals surface area contributed by atoms with Crippen LogP contribution in [0, 0.1) is 0 Å². The Balaban J connectivity index is 1.73. The van der Waals surface area contributed by atoms with Crippen molar-refractivity contribution in [3.05, 3.63) is 60.2 Å². The molecule has 0 spiro atoms. The highest BCUT2D eigenvalue weighted by Crippen LogP contribution is 2.30. The van der Waals surface area contributed by atoms with E-state index in [1.165, 1.54) is 11.0 Å². The molecule has 0 bridgehead atoms. The Hall–Kier alpha value is -2.67. The van der Waals surface area contributed by atoms with E-state index in [-0.39, 0.29) is 35.6 Å². The molecular formula is C17H16N2O4S. The van der Waals surface area contributed by atoms with Gasteiger partial charge in [-0.1, -0.05) is 30.3 Å². The molecule has 0 fully saturated rings. The Kier molecular flexibility index (Phi) is 4.35. The molecule has 0 unspecified atom stereocenters. The van der Waals surface area contributed by atoms with E-state index in [2.05, 4.69) is 5.32 Å². The summed E-state index contributed by atoms with van der Waals surface area (Å²) in [6.07, 6.45) is 0. The van der Waals surface area contributed by atoms with Crippen LogP contribution in [0.15, 0.2) is 59.5 Å². The highest BCUT2D eigenvalue weighted by atomic mass is 32.2. The number of anilines is 1. The van der Waals surface area contributed by atoms with Gasteiger partial charge in [-0.25, -0.2) is 8.42 Å². The molecule has 124 valence electrons. The van der Waals surface area contributed by atoms with E-state index >= 15 is 0 Å². The quantitative estimate of drug-likeness (QED) is 0.908. The minimum atomic E-state index is -3.36. The second-order valence-electron chi connectivity index (χ2n) is 5.38. The van der Waals surface area contributed by atoms with Crippen molar-refractivity contribution in [2.45, 2.75) is 4.90 Å². The van der Waals surface area contributed by atoms with Crippen molar-refractivity contribution < 1.29 is 18.0 Å². The van der Waals surface area contributed by atoms with Gasteiger partial charge in [0, 0.05) is 12.1 Å². The summed E-state index contributed by atoms with van der Waals surface area (Å²) in [6.45, 7) is -0.110. The van der Waals surface area contributed by atoms with Crippen LogP contribution in [0.2, 0.25) is 0 Å². The molecule has 0 aromatic heterocycles. The predicted octanol–water partition coefficient (Wildman–Crippen LogP) is 1.24. The molecule has 0 saturated heterocycles. The number of fused-ring (bicyclic) bond motifs is 1. The molecule has 2 amide bonds. The van der Waals surface area contributed by atoms with Crippen molar-refractivity contribution in [2.24, 2.45) is 0 Å². The highest BCUT2D eigenvalue weighted by molar-refractivity contribution is 7.91. The lowest BCUT2D eigenvalue weighted by Crippen LogP contribution is -2.45. The average Bonchev–Trinajstić information content (AvgIpc) is 2.60. The van der Waals surface area contributed by atoms with Crippen LogP contribution in [0.25, 0.3) is 0 Å². The molecular weight excluding hydrogens is 328 g/mol. The van der Waals surface area contributed by atoms with Crippen LogP contribution in [-0.4, -0.2) is 39.1 Å². The first-order valence-corrected chi connectivity index (χ1v) is 9.10. The van der Waals surface area contributed by atoms with Crippen LogP contribution >= 0.6 is 0 Å². The molecule has 0 radical (unpaired) electrons. The average molecular weight is 344 g/mol. The van der Waals surface area contributed by atoms with E-state index in [1.54, 1.807) is 48.5 Å². The number of benzene rings is 2. The Morgan fingerprint density at radius 3 is 2.42 bits per heavy atom. The zero-order valence-electron chi connectivity index (χ0n) is 12.8. The summed E-state index contributed by atoms with van der Waals surface area (Å²) in [5.41, 5.74) is 0.828. The van der Waals surface area contributed by atoms with E-state index in [0.717, 1.165) is 0 Å². The predicted molar refractivity (Wildman–Crippen MR) is 89.6 cm³/mol. The Morgan fingerprint density at radius 2 is 1.67 bits per heavy atom. The smallest absolute Gasteiger partial charge is 0.251 e. The number of hydrogen-bond donors (Lipinski definition) is 1. The highest BCUT2D eigenvalue weighted by Gasteiger charge is 2.31. The number of nitrogens with zero attached hydrogens (tertiary/aromatic N) is 1. The van der Waals surface area contributed by atoms with E-state index in [1.807, 2.05) is 0 Å². The van der Waals surface area contributed by atoms with Crippen LogP contribution in [-0.2, 0) is 14.6 Å². The molecule has 2 aromatic rings. The Morgan fingerprint density at radius 1 is 1.00 bits per heavy atom. The van der Waals surface area contributed by atoms with E-state index in [0.29, 0.717) is 11.3 Å². The molecule has 0 aliphatic carbocycles. The monoisotopic (exact) mass is 344 g/mol. The number of carbonyl (C=O) groups is 2. The Labute approximate surface area is 140 Å². The summed E-state index contributed by atoms with van der Waals surface area (Å²) >= 11 is 0. The zero-order valence-corrected chi connectivity index (χ0v) is 13.6. The second-order valence-corrected chi connectivity index (χ2v) is 7.46. The van der Waals surface area contributed by atoms with Crippen LogP contribution < -0.4 is 10.2 Å². The van der Waals surface area contributed by atoms with Crippen molar-refractivity contribution in [3.63, 3.8) is 0 Å². The maximum absolute atomic E-state index is 12.4. The normalized spacial score (nSPS) is 15.4. The fourth-order valence-corrected chi connectivity index (χ4v) is 4.01. The van der Waals surface area contributed by atoms with Crippen LogP contribution in [0.4, 0.5) is 5.69 Å². The second kappa shape index (κ2) is 6.45. The number of carbonyl (C=O) groups excluding carboxylic acids is 2. The number of rotatable bonds is 3. The molecule has 2 aromatic carbocycles. The largest absolute Gasteiger partial charge is 0.343 e. The number of nitrogens with one attached hydrogen (secondary N) is 1. The van der Waals surface area contributed by atoms with Gasteiger partial charge in [0.15, 0.2) is 9.84 Å². The fraction of sp³-hybridized carbons (Fsp3) is 0.176. The Bertz CT molecular complexity index is 878. The van der Waals surface area contributed by atoms with Gasteiger partial charge in [-0.15, -0.1) is 0 Å². The molecule has 0 atom stereocenters. The van der Waals surface area contributed by atoms with Gasteiger partial charge in [0.05, 0.1) is 22.9 Å².